The van der Waals surface area contributed by atoms with Gasteiger partial charge in [0.05, 0.1) is 17.1 Å². The summed E-state index contributed by atoms with van der Waals surface area (Å²) in [6.07, 6.45) is 1.12. The van der Waals surface area contributed by atoms with Crippen LogP contribution in [0.2, 0.25) is 0 Å². The van der Waals surface area contributed by atoms with Gasteiger partial charge in [0, 0.05) is 12.8 Å². The third-order valence-electron chi connectivity index (χ3n) is 3.84. The lowest BCUT2D eigenvalue weighted by molar-refractivity contribution is -0.122. The van der Waals surface area contributed by atoms with E-state index in [1.807, 2.05) is 34.6 Å². The van der Waals surface area contributed by atoms with Crippen molar-refractivity contribution in [2.24, 2.45) is 5.73 Å². The van der Waals surface area contributed by atoms with Crippen LogP contribution in [0.15, 0.2) is 0 Å². The maximum Gasteiger partial charge on any atom is 0.482 e. The highest BCUT2D eigenvalue weighted by molar-refractivity contribution is 6.48. The fraction of sp³-hybridized carbons (Fsp3) is 0.846. The number of hydrogen-bond acceptors (Lipinski definition) is 4. The molecule has 0 unspecified atom stereocenters. The average molecular weight is 284 g/mol. The summed E-state index contributed by atoms with van der Waals surface area (Å²) in [6.45, 7) is 9.59. The summed E-state index contributed by atoms with van der Waals surface area (Å²) >= 11 is 0. The van der Waals surface area contributed by atoms with Crippen molar-refractivity contribution in [1.29, 1.82) is 0 Å². The monoisotopic (exact) mass is 284 g/mol. The molecular weight excluding hydrogens is 259 g/mol. The number of amides is 2. The maximum atomic E-state index is 11.7. The van der Waals surface area contributed by atoms with E-state index in [0.29, 0.717) is 6.42 Å². The van der Waals surface area contributed by atoms with Gasteiger partial charge in [-0.3, -0.25) is 9.59 Å². The van der Waals surface area contributed by atoms with Crippen LogP contribution >= 0.6 is 0 Å². The molecule has 1 rings (SSSR count). The van der Waals surface area contributed by atoms with Gasteiger partial charge in [-0.2, -0.15) is 0 Å². The Morgan fingerprint density at radius 2 is 1.70 bits per heavy atom. The number of carbonyl (C=O) groups excluding carboxylic acids is 2. The molecule has 2 amide bonds. The number of nitrogens with one attached hydrogen (secondary N) is 1. The Morgan fingerprint density at radius 3 is 2.10 bits per heavy atom. The number of nitrogens with two attached hydrogens (primary N) is 1. The molecule has 1 heterocycles. The highest BCUT2D eigenvalue weighted by atomic mass is 16.7. The minimum absolute atomic E-state index is 0.00766. The van der Waals surface area contributed by atoms with Crippen LogP contribution in [0, 0.1) is 0 Å². The van der Waals surface area contributed by atoms with Gasteiger partial charge in [0.1, 0.15) is 0 Å². The van der Waals surface area contributed by atoms with Crippen LogP contribution in [-0.2, 0) is 18.9 Å². The van der Waals surface area contributed by atoms with Crippen molar-refractivity contribution in [1.82, 2.24) is 5.32 Å². The van der Waals surface area contributed by atoms with Gasteiger partial charge in [0.2, 0.25) is 11.8 Å². The summed E-state index contributed by atoms with van der Waals surface area (Å²) in [6, 6.07) is 0. The molecule has 0 saturated carbocycles. The van der Waals surface area contributed by atoms with Gasteiger partial charge in [0.25, 0.3) is 0 Å². The van der Waals surface area contributed by atoms with Gasteiger partial charge < -0.3 is 20.4 Å². The van der Waals surface area contributed by atoms with Crippen LogP contribution in [0.4, 0.5) is 0 Å². The third kappa shape index (κ3) is 3.96. The van der Waals surface area contributed by atoms with Gasteiger partial charge >= 0.3 is 7.12 Å². The lowest BCUT2D eigenvalue weighted by Gasteiger charge is -2.32. The van der Waals surface area contributed by atoms with Crippen LogP contribution in [0.3, 0.4) is 0 Å². The van der Waals surface area contributed by atoms with Crippen molar-refractivity contribution in [2.45, 2.75) is 71.0 Å². The zero-order valence-corrected chi connectivity index (χ0v) is 13.0. The molecular formula is C13H25BN2O4. The first-order chi connectivity index (χ1) is 9.09. The number of hydrogen-bond donors (Lipinski definition) is 2. The van der Waals surface area contributed by atoms with Crippen molar-refractivity contribution < 1.29 is 18.9 Å². The fourth-order valence-electron chi connectivity index (χ4n) is 1.99. The zero-order valence-electron chi connectivity index (χ0n) is 13.0. The van der Waals surface area contributed by atoms with Gasteiger partial charge in [0.15, 0.2) is 0 Å². The smallest absolute Gasteiger partial charge is 0.402 e. The quantitative estimate of drug-likeness (QED) is 0.705. The van der Waals surface area contributed by atoms with Gasteiger partial charge in [-0.05, 0) is 34.1 Å². The molecule has 0 aromatic heterocycles. The predicted molar refractivity (Wildman–Crippen MR) is 76.7 cm³/mol. The molecule has 114 valence electrons. The normalized spacial score (nSPS) is 21.6. The molecule has 1 fully saturated rings. The van der Waals surface area contributed by atoms with E-state index in [0.717, 1.165) is 6.42 Å². The van der Waals surface area contributed by atoms with Crippen molar-refractivity contribution in [2.75, 3.05) is 0 Å². The highest BCUT2D eigenvalue weighted by Gasteiger charge is 2.54. The summed E-state index contributed by atoms with van der Waals surface area (Å²) in [5, 5.41) is 2.78. The Hall–Kier alpha value is -1.08. The third-order valence-corrected chi connectivity index (χ3v) is 3.84. The number of rotatable bonds is 6. The van der Waals surface area contributed by atoms with E-state index in [4.69, 9.17) is 15.0 Å². The predicted octanol–water partition coefficient (Wildman–Crippen LogP) is 0.778. The summed E-state index contributed by atoms with van der Waals surface area (Å²) < 4.78 is 11.7. The molecule has 6 nitrogen and oxygen atoms in total. The van der Waals surface area contributed by atoms with E-state index >= 15 is 0 Å². The van der Waals surface area contributed by atoms with Crippen LogP contribution in [0.25, 0.3) is 0 Å². The van der Waals surface area contributed by atoms with E-state index in [-0.39, 0.29) is 12.3 Å². The second-order valence-electron chi connectivity index (χ2n) is 6.22. The molecule has 20 heavy (non-hydrogen) atoms. The summed E-state index contributed by atoms with van der Waals surface area (Å²) in [5.74, 6) is -1.19. The van der Waals surface area contributed by atoms with Crippen molar-refractivity contribution >= 4 is 18.9 Å². The molecule has 0 radical (unpaired) electrons. The Bertz CT molecular complexity index is 369. The molecule has 0 spiro atoms. The van der Waals surface area contributed by atoms with Crippen LogP contribution < -0.4 is 11.1 Å². The minimum Gasteiger partial charge on any atom is -0.402 e. The van der Waals surface area contributed by atoms with Crippen LogP contribution in [0.1, 0.15) is 53.9 Å². The average Bonchev–Trinajstić information content (AvgIpc) is 2.47. The van der Waals surface area contributed by atoms with E-state index in [2.05, 4.69) is 5.32 Å². The summed E-state index contributed by atoms with van der Waals surface area (Å²) in [5.41, 5.74) is 4.22. The molecule has 1 saturated heterocycles. The van der Waals surface area contributed by atoms with Crippen molar-refractivity contribution in [3.63, 3.8) is 0 Å². The second kappa shape index (κ2) is 6.14. The first kappa shape index (κ1) is 17.0. The second-order valence-corrected chi connectivity index (χ2v) is 6.22. The van der Waals surface area contributed by atoms with E-state index in [1.165, 1.54) is 0 Å². The van der Waals surface area contributed by atoms with Gasteiger partial charge in [-0.15, -0.1) is 0 Å². The Balaban J connectivity index is 2.80. The van der Waals surface area contributed by atoms with E-state index in [9.17, 15) is 9.59 Å². The molecule has 3 N–H and O–H groups in total. The largest absolute Gasteiger partial charge is 0.482 e. The van der Waals surface area contributed by atoms with E-state index in [1.54, 1.807) is 0 Å². The first-order valence-corrected chi connectivity index (χ1v) is 7.02. The van der Waals surface area contributed by atoms with Crippen LogP contribution in [0.5, 0.6) is 0 Å². The Morgan fingerprint density at radius 1 is 1.20 bits per heavy atom. The topological polar surface area (TPSA) is 90.7 Å². The van der Waals surface area contributed by atoms with Crippen molar-refractivity contribution in [3.8, 4) is 0 Å². The molecule has 0 aliphatic carbocycles. The SMILES string of the molecule is CCCC(=O)N[C@@H](CC(N)=O)B1OC(C)(C)C(C)(C)O1. The lowest BCUT2D eigenvalue weighted by Crippen LogP contribution is -2.49. The standard InChI is InChI=1S/C13H25BN2O4/c1-6-7-11(18)16-9(8-10(15)17)14-19-12(2,3)13(4,5)20-14/h9H,6-8H2,1-5H3,(H2,15,17)(H,16,18)/t9-/m0/s1. The number of carbonyl (C=O) groups is 2. The zero-order chi connectivity index (χ0) is 15.6. The molecule has 0 aromatic rings. The van der Waals surface area contributed by atoms with Crippen LogP contribution in [-0.4, -0.2) is 36.1 Å². The molecule has 0 bridgehead atoms. The lowest BCUT2D eigenvalue weighted by atomic mass is 9.76. The number of primary amides is 1. The Kier molecular flexibility index (Phi) is 5.21. The van der Waals surface area contributed by atoms with Gasteiger partial charge in [-0.25, -0.2) is 0 Å². The fourth-order valence-corrected chi connectivity index (χ4v) is 1.99. The minimum atomic E-state index is -0.673. The Labute approximate surface area is 120 Å². The summed E-state index contributed by atoms with van der Waals surface area (Å²) in [7, 11) is -0.673. The molecule has 1 atom stereocenters. The molecule has 1 aliphatic rings. The highest BCUT2D eigenvalue weighted by Crippen LogP contribution is 2.37. The first-order valence-electron chi connectivity index (χ1n) is 7.02. The maximum absolute atomic E-state index is 11.7. The van der Waals surface area contributed by atoms with Gasteiger partial charge in [-0.1, -0.05) is 6.92 Å². The van der Waals surface area contributed by atoms with E-state index < -0.39 is 30.2 Å². The molecule has 7 heteroatoms. The molecule has 0 aromatic carbocycles. The summed E-state index contributed by atoms with van der Waals surface area (Å²) in [4.78, 5) is 22.9. The molecule has 1 aliphatic heterocycles. The van der Waals surface area contributed by atoms with Crippen molar-refractivity contribution in [3.05, 3.63) is 0 Å².